The number of halogens is 2. The monoisotopic (exact) mass is 418 g/mol. The van der Waals surface area contributed by atoms with Gasteiger partial charge in [0, 0.05) is 6.54 Å². The first-order valence-electron chi connectivity index (χ1n) is 8.65. The minimum absolute atomic E-state index is 0.205. The Balaban J connectivity index is 1.98. The molecule has 0 fully saturated rings. The van der Waals surface area contributed by atoms with Crippen molar-refractivity contribution in [3.63, 3.8) is 0 Å². The molecule has 1 heterocycles. The van der Waals surface area contributed by atoms with E-state index < -0.39 is 0 Å². The van der Waals surface area contributed by atoms with Crippen molar-refractivity contribution in [1.29, 1.82) is 0 Å². The molecule has 0 N–H and O–H groups in total. The summed E-state index contributed by atoms with van der Waals surface area (Å²) in [7, 11) is 0. The quantitative estimate of drug-likeness (QED) is 0.468. The zero-order valence-corrected chi connectivity index (χ0v) is 17.5. The van der Waals surface area contributed by atoms with Gasteiger partial charge in [0.1, 0.15) is 0 Å². The SMILES string of the molecule is C=CCn1c(=NC(=O)Cc2ccc(C(C)C)cc2)sc2c(Cl)ccc(Cl)c21. The van der Waals surface area contributed by atoms with Crippen LogP contribution in [0.25, 0.3) is 10.2 Å². The number of benzene rings is 2. The van der Waals surface area contributed by atoms with Crippen LogP contribution in [-0.4, -0.2) is 10.5 Å². The normalized spacial score (nSPS) is 12.1. The molecule has 27 heavy (non-hydrogen) atoms. The Morgan fingerprint density at radius 1 is 1.19 bits per heavy atom. The van der Waals surface area contributed by atoms with Crippen LogP contribution in [-0.2, 0) is 17.8 Å². The van der Waals surface area contributed by atoms with Gasteiger partial charge in [-0.2, -0.15) is 4.99 Å². The van der Waals surface area contributed by atoms with Crippen LogP contribution in [0.3, 0.4) is 0 Å². The first-order valence-corrected chi connectivity index (χ1v) is 10.2. The molecule has 0 atom stereocenters. The molecule has 0 saturated heterocycles. The summed E-state index contributed by atoms with van der Waals surface area (Å²) in [6.45, 7) is 8.57. The second-order valence-electron chi connectivity index (χ2n) is 6.57. The summed E-state index contributed by atoms with van der Waals surface area (Å²) in [5.41, 5.74) is 2.98. The van der Waals surface area contributed by atoms with Crippen LogP contribution in [0.1, 0.15) is 30.9 Å². The summed E-state index contributed by atoms with van der Waals surface area (Å²) in [4.78, 5) is 17.4. The number of carbonyl (C=O) groups excluding carboxylic acids is 1. The molecule has 3 aromatic rings. The van der Waals surface area contributed by atoms with E-state index in [2.05, 4.69) is 37.6 Å². The molecule has 0 aliphatic rings. The van der Waals surface area contributed by atoms with Gasteiger partial charge in [-0.1, -0.05) is 78.7 Å². The van der Waals surface area contributed by atoms with Crippen LogP contribution in [0.15, 0.2) is 54.0 Å². The van der Waals surface area contributed by atoms with Crippen LogP contribution < -0.4 is 4.80 Å². The Hall–Kier alpha value is -1.88. The van der Waals surface area contributed by atoms with E-state index in [0.29, 0.717) is 27.3 Å². The lowest BCUT2D eigenvalue weighted by molar-refractivity contribution is -0.117. The Labute approximate surface area is 172 Å². The van der Waals surface area contributed by atoms with E-state index in [1.165, 1.54) is 16.9 Å². The van der Waals surface area contributed by atoms with Gasteiger partial charge < -0.3 is 4.57 Å². The topological polar surface area (TPSA) is 34.4 Å². The van der Waals surface area contributed by atoms with Crippen molar-refractivity contribution in [2.45, 2.75) is 32.7 Å². The van der Waals surface area contributed by atoms with Crippen molar-refractivity contribution in [1.82, 2.24) is 4.57 Å². The van der Waals surface area contributed by atoms with Gasteiger partial charge in [0.05, 0.1) is 26.7 Å². The molecular weight excluding hydrogens is 399 g/mol. The summed E-state index contributed by atoms with van der Waals surface area (Å²) in [5.74, 6) is 0.259. The smallest absolute Gasteiger partial charge is 0.252 e. The van der Waals surface area contributed by atoms with E-state index in [-0.39, 0.29) is 12.3 Å². The number of amides is 1. The zero-order valence-electron chi connectivity index (χ0n) is 15.2. The van der Waals surface area contributed by atoms with E-state index in [1.54, 1.807) is 18.2 Å². The third-order valence-electron chi connectivity index (χ3n) is 4.26. The molecule has 1 aromatic heterocycles. The van der Waals surface area contributed by atoms with Crippen molar-refractivity contribution in [2.24, 2.45) is 4.99 Å². The third-order valence-corrected chi connectivity index (χ3v) is 6.11. The molecule has 1 amide bonds. The van der Waals surface area contributed by atoms with Gasteiger partial charge in [-0.15, -0.1) is 6.58 Å². The standard InChI is InChI=1S/C21H20Cl2N2OS/c1-4-11-25-19-16(22)9-10-17(23)20(19)27-21(25)24-18(26)12-14-5-7-15(8-6-14)13(2)3/h4-10,13H,1,11-12H2,2-3H3. The maximum absolute atomic E-state index is 12.5. The molecule has 0 unspecified atom stereocenters. The lowest BCUT2D eigenvalue weighted by Gasteiger charge is -2.06. The molecule has 0 aliphatic heterocycles. The number of aromatic nitrogens is 1. The first-order chi connectivity index (χ1) is 12.9. The Bertz CT molecular complexity index is 1060. The highest BCUT2D eigenvalue weighted by molar-refractivity contribution is 7.17. The van der Waals surface area contributed by atoms with E-state index in [1.807, 2.05) is 16.7 Å². The molecule has 2 aromatic carbocycles. The first kappa shape index (κ1) is 19.9. The van der Waals surface area contributed by atoms with Crippen LogP contribution in [0.4, 0.5) is 0 Å². The van der Waals surface area contributed by atoms with Gasteiger partial charge in [-0.05, 0) is 29.2 Å². The number of nitrogens with zero attached hydrogens (tertiary/aromatic N) is 2. The number of carbonyl (C=O) groups is 1. The number of thiazole rings is 1. The maximum atomic E-state index is 12.5. The number of hydrogen-bond donors (Lipinski definition) is 0. The van der Waals surface area contributed by atoms with Crippen LogP contribution in [0, 0.1) is 0 Å². The minimum atomic E-state index is -0.205. The van der Waals surface area contributed by atoms with Crippen LogP contribution >= 0.6 is 34.5 Å². The lowest BCUT2D eigenvalue weighted by atomic mass is 10.0. The average molecular weight is 419 g/mol. The Kier molecular flexibility index (Phi) is 6.20. The number of hydrogen-bond acceptors (Lipinski definition) is 2. The molecule has 0 bridgehead atoms. The highest BCUT2D eigenvalue weighted by Gasteiger charge is 2.13. The summed E-state index contributed by atoms with van der Waals surface area (Å²) in [6.07, 6.45) is 2.00. The Morgan fingerprint density at radius 2 is 1.85 bits per heavy atom. The van der Waals surface area contributed by atoms with Gasteiger partial charge in [-0.3, -0.25) is 4.79 Å². The molecule has 3 rings (SSSR count). The van der Waals surface area contributed by atoms with E-state index in [9.17, 15) is 4.79 Å². The van der Waals surface area contributed by atoms with Crippen molar-refractivity contribution in [2.75, 3.05) is 0 Å². The largest absolute Gasteiger partial charge is 0.311 e. The predicted molar refractivity (Wildman–Crippen MR) is 115 cm³/mol. The number of rotatable bonds is 5. The second-order valence-corrected chi connectivity index (χ2v) is 8.36. The summed E-state index contributed by atoms with van der Waals surface area (Å²) in [5, 5.41) is 1.17. The highest BCUT2D eigenvalue weighted by atomic mass is 35.5. The maximum Gasteiger partial charge on any atom is 0.252 e. The van der Waals surface area contributed by atoms with Crippen molar-refractivity contribution >= 4 is 50.7 Å². The summed E-state index contributed by atoms with van der Waals surface area (Å²) >= 11 is 14.0. The molecular formula is C21H20Cl2N2OS. The second kappa shape index (κ2) is 8.42. The molecule has 140 valence electrons. The molecule has 0 aliphatic carbocycles. The van der Waals surface area contributed by atoms with Gasteiger partial charge in [0.25, 0.3) is 5.91 Å². The molecule has 6 heteroatoms. The van der Waals surface area contributed by atoms with Gasteiger partial charge in [0.2, 0.25) is 0 Å². The van der Waals surface area contributed by atoms with E-state index >= 15 is 0 Å². The predicted octanol–water partition coefficient (Wildman–Crippen LogP) is 5.99. The Morgan fingerprint density at radius 3 is 2.48 bits per heavy atom. The molecule has 0 spiro atoms. The van der Waals surface area contributed by atoms with Gasteiger partial charge in [-0.25, -0.2) is 0 Å². The molecule has 0 saturated carbocycles. The van der Waals surface area contributed by atoms with Crippen molar-refractivity contribution < 1.29 is 4.79 Å². The number of allylic oxidation sites excluding steroid dienone is 1. The number of fused-ring (bicyclic) bond motifs is 1. The van der Waals surface area contributed by atoms with Gasteiger partial charge >= 0.3 is 0 Å². The lowest BCUT2D eigenvalue weighted by Crippen LogP contribution is -2.17. The fourth-order valence-corrected chi connectivity index (χ4v) is 4.51. The van der Waals surface area contributed by atoms with Crippen molar-refractivity contribution in [3.8, 4) is 0 Å². The molecule has 3 nitrogen and oxygen atoms in total. The fraction of sp³-hybridized carbons (Fsp3) is 0.238. The summed E-state index contributed by atoms with van der Waals surface area (Å²) in [6, 6.07) is 11.6. The minimum Gasteiger partial charge on any atom is -0.311 e. The third kappa shape index (κ3) is 4.34. The zero-order chi connectivity index (χ0) is 19.6. The van der Waals surface area contributed by atoms with E-state index in [0.717, 1.165) is 15.8 Å². The average Bonchev–Trinajstić information content (AvgIpc) is 2.98. The van der Waals surface area contributed by atoms with Crippen molar-refractivity contribution in [3.05, 3.63) is 75.0 Å². The van der Waals surface area contributed by atoms with Crippen LogP contribution in [0.2, 0.25) is 10.0 Å². The van der Waals surface area contributed by atoms with Crippen LogP contribution in [0.5, 0.6) is 0 Å². The van der Waals surface area contributed by atoms with E-state index in [4.69, 9.17) is 23.2 Å². The van der Waals surface area contributed by atoms with Gasteiger partial charge in [0.15, 0.2) is 4.80 Å². The highest BCUT2D eigenvalue weighted by Crippen LogP contribution is 2.31. The molecule has 0 radical (unpaired) electrons. The fourth-order valence-electron chi connectivity index (χ4n) is 2.84. The summed E-state index contributed by atoms with van der Waals surface area (Å²) < 4.78 is 2.69.